The Kier molecular flexibility index (Phi) is 6.81. The third-order valence-corrected chi connectivity index (χ3v) is 2.18. The van der Waals surface area contributed by atoms with Gasteiger partial charge >= 0.3 is 0 Å². The number of nitrogens with zero attached hydrogens (tertiary/aromatic N) is 1. The minimum absolute atomic E-state index is 0.426. The van der Waals surface area contributed by atoms with Crippen molar-refractivity contribution in [2.45, 2.75) is 19.2 Å². The number of pyridine rings is 1. The lowest BCUT2D eigenvalue weighted by molar-refractivity contribution is 1.26. The Labute approximate surface area is 91.2 Å². The van der Waals surface area contributed by atoms with Crippen molar-refractivity contribution in [3.05, 3.63) is 28.0 Å². The average molecular weight is 271 g/mol. The maximum absolute atomic E-state index is 5.70. The van der Waals surface area contributed by atoms with Gasteiger partial charge in [-0.3, -0.25) is 0 Å². The van der Waals surface area contributed by atoms with Crippen molar-refractivity contribution >= 4 is 39.1 Å². The van der Waals surface area contributed by atoms with Gasteiger partial charge in [0.05, 0.1) is 0 Å². The van der Waals surface area contributed by atoms with Crippen LogP contribution in [0.25, 0.3) is 0 Å². The minimum atomic E-state index is 0.426. The number of hydrogen-bond donors (Lipinski definition) is 0. The molecule has 0 amide bonds. The maximum Gasteiger partial charge on any atom is 0.134 e. The van der Waals surface area contributed by atoms with E-state index in [4.69, 9.17) is 23.2 Å². The smallest absolute Gasteiger partial charge is 0.134 e. The quantitative estimate of drug-likeness (QED) is 0.547. The number of halogens is 3. The molecule has 1 rings (SSSR count). The molecule has 0 atom stereocenters. The zero-order chi connectivity index (χ0) is 9.56. The molecule has 0 saturated carbocycles. The summed E-state index contributed by atoms with van der Waals surface area (Å²) in [6, 6.07) is 3.55. The zero-order valence-corrected chi connectivity index (χ0v) is 10.0. The number of rotatable bonds is 1. The molecular formula is C8H10BrCl2N. The Morgan fingerprint density at radius 1 is 1.33 bits per heavy atom. The van der Waals surface area contributed by atoms with Crippen LogP contribution >= 0.6 is 39.1 Å². The molecule has 0 N–H and O–H groups in total. The fourth-order valence-corrected chi connectivity index (χ4v) is 1.57. The lowest BCUT2D eigenvalue weighted by Crippen LogP contribution is -1.83. The topological polar surface area (TPSA) is 12.9 Å². The van der Waals surface area contributed by atoms with Crippen molar-refractivity contribution < 1.29 is 0 Å². The molecule has 1 aromatic heterocycles. The number of aromatic nitrogens is 1. The highest BCUT2D eigenvalue weighted by molar-refractivity contribution is 9.08. The van der Waals surface area contributed by atoms with Gasteiger partial charge in [0.2, 0.25) is 0 Å². The van der Waals surface area contributed by atoms with Crippen LogP contribution in [0.4, 0.5) is 0 Å². The minimum Gasteiger partial charge on any atom is -0.224 e. The summed E-state index contributed by atoms with van der Waals surface area (Å²) in [7, 11) is 0. The van der Waals surface area contributed by atoms with Crippen LogP contribution in [0.2, 0.25) is 10.3 Å². The van der Waals surface area contributed by atoms with E-state index in [1.807, 2.05) is 19.9 Å². The van der Waals surface area contributed by atoms with E-state index in [1.165, 1.54) is 0 Å². The van der Waals surface area contributed by atoms with Gasteiger partial charge in [-0.1, -0.05) is 59.0 Å². The van der Waals surface area contributed by atoms with Crippen LogP contribution in [-0.2, 0) is 5.33 Å². The van der Waals surface area contributed by atoms with Crippen molar-refractivity contribution in [1.82, 2.24) is 4.98 Å². The zero-order valence-electron chi connectivity index (χ0n) is 6.94. The molecule has 0 aliphatic heterocycles. The Balaban J connectivity index is 0.000000561. The molecule has 0 aliphatic rings. The molecule has 68 valence electrons. The highest BCUT2D eigenvalue weighted by atomic mass is 79.9. The molecule has 0 spiro atoms. The van der Waals surface area contributed by atoms with Gasteiger partial charge in [0.1, 0.15) is 10.3 Å². The largest absolute Gasteiger partial charge is 0.224 e. The van der Waals surface area contributed by atoms with Crippen LogP contribution in [0.15, 0.2) is 12.1 Å². The maximum atomic E-state index is 5.70. The van der Waals surface area contributed by atoms with E-state index in [2.05, 4.69) is 20.9 Å². The molecule has 0 radical (unpaired) electrons. The summed E-state index contributed by atoms with van der Waals surface area (Å²) in [6.45, 7) is 4.00. The van der Waals surface area contributed by atoms with E-state index in [0.717, 1.165) is 5.56 Å². The molecular weight excluding hydrogens is 261 g/mol. The Morgan fingerprint density at radius 2 is 1.92 bits per heavy atom. The molecule has 12 heavy (non-hydrogen) atoms. The summed E-state index contributed by atoms with van der Waals surface area (Å²) in [6.07, 6.45) is 0. The summed E-state index contributed by atoms with van der Waals surface area (Å²) >= 11 is 14.5. The van der Waals surface area contributed by atoms with Gasteiger partial charge in [-0.25, -0.2) is 4.98 Å². The second kappa shape index (κ2) is 6.70. The van der Waals surface area contributed by atoms with Gasteiger partial charge in [0, 0.05) is 10.9 Å². The first kappa shape index (κ1) is 12.2. The first-order valence-corrected chi connectivity index (χ1v) is 5.48. The molecule has 0 bridgehead atoms. The van der Waals surface area contributed by atoms with Crippen molar-refractivity contribution in [1.29, 1.82) is 0 Å². The average Bonchev–Trinajstić information content (AvgIpc) is 2.08. The third kappa shape index (κ3) is 3.74. The highest BCUT2D eigenvalue weighted by Gasteiger charge is 1.99. The van der Waals surface area contributed by atoms with E-state index in [0.29, 0.717) is 15.6 Å². The molecule has 0 fully saturated rings. The highest BCUT2D eigenvalue weighted by Crippen LogP contribution is 2.18. The van der Waals surface area contributed by atoms with Gasteiger partial charge in [-0.2, -0.15) is 0 Å². The second-order valence-corrected chi connectivity index (χ2v) is 3.02. The van der Waals surface area contributed by atoms with E-state index in [1.54, 1.807) is 6.07 Å². The van der Waals surface area contributed by atoms with E-state index >= 15 is 0 Å². The molecule has 1 heterocycles. The van der Waals surface area contributed by atoms with Crippen molar-refractivity contribution in [2.75, 3.05) is 0 Å². The predicted octanol–water partition coefficient (Wildman–Crippen LogP) is 4.31. The summed E-state index contributed by atoms with van der Waals surface area (Å²) in [5.41, 5.74) is 0.950. The fourth-order valence-electron chi connectivity index (χ4n) is 0.541. The van der Waals surface area contributed by atoms with E-state index in [9.17, 15) is 0 Å². The first-order valence-electron chi connectivity index (χ1n) is 3.61. The van der Waals surface area contributed by atoms with Crippen molar-refractivity contribution in [2.24, 2.45) is 0 Å². The molecule has 1 nitrogen and oxygen atoms in total. The molecule has 0 unspecified atom stereocenters. The van der Waals surface area contributed by atoms with Gasteiger partial charge in [-0.05, 0) is 6.07 Å². The lowest BCUT2D eigenvalue weighted by Gasteiger charge is -1.96. The normalized spacial score (nSPS) is 8.75. The SMILES string of the molecule is CC.Clc1ccc(CBr)c(Cl)n1. The van der Waals surface area contributed by atoms with Crippen LogP contribution in [0.5, 0.6) is 0 Å². The van der Waals surface area contributed by atoms with Gasteiger partial charge < -0.3 is 0 Å². The number of hydrogen-bond acceptors (Lipinski definition) is 1. The molecule has 0 aromatic carbocycles. The first-order chi connectivity index (χ1) is 5.74. The van der Waals surface area contributed by atoms with Gasteiger partial charge in [0.25, 0.3) is 0 Å². The summed E-state index contributed by atoms with van der Waals surface area (Å²) in [5, 5.41) is 1.59. The van der Waals surface area contributed by atoms with E-state index in [-0.39, 0.29) is 0 Å². The van der Waals surface area contributed by atoms with Crippen LogP contribution in [-0.4, -0.2) is 4.98 Å². The predicted molar refractivity (Wildman–Crippen MR) is 58.2 cm³/mol. The molecule has 4 heteroatoms. The Hall–Kier alpha value is 0.210. The molecule has 1 aromatic rings. The second-order valence-electron chi connectivity index (χ2n) is 1.72. The van der Waals surface area contributed by atoms with Crippen LogP contribution < -0.4 is 0 Å². The fraction of sp³-hybridized carbons (Fsp3) is 0.375. The molecule has 0 aliphatic carbocycles. The molecule has 0 saturated heterocycles. The third-order valence-electron chi connectivity index (χ3n) is 1.04. The van der Waals surface area contributed by atoms with Crippen LogP contribution in [0.3, 0.4) is 0 Å². The lowest BCUT2D eigenvalue weighted by atomic mass is 10.3. The van der Waals surface area contributed by atoms with Crippen molar-refractivity contribution in [3.63, 3.8) is 0 Å². The Morgan fingerprint density at radius 3 is 2.33 bits per heavy atom. The standard InChI is InChI=1S/C6H4BrCl2N.C2H6/c7-3-4-1-2-5(8)10-6(4)9;1-2/h1-2H,3H2;1-2H3. The Bertz CT molecular complexity index is 240. The van der Waals surface area contributed by atoms with Crippen molar-refractivity contribution in [3.8, 4) is 0 Å². The van der Waals surface area contributed by atoms with Crippen LogP contribution in [0, 0.1) is 0 Å². The van der Waals surface area contributed by atoms with Gasteiger partial charge in [0.15, 0.2) is 0 Å². The summed E-state index contributed by atoms with van der Waals surface area (Å²) < 4.78 is 0. The van der Waals surface area contributed by atoms with Gasteiger partial charge in [-0.15, -0.1) is 0 Å². The summed E-state index contributed by atoms with van der Waals surface area (Å²) in [5.74, 6) is 0. The summed E-state index contributed by atoms with van der Waals surface area (Å²) in [4.78, 5) is 3.85. The van der Waals surface area contributed by atoms with Crippen LogP contribution in [0.1, 0.15) is 19.4 Å². The number of alkyl halides is 1. The van der Waals surface area contributed by atoms with E-state index < -0.39 is 0 Å². The monoisotopic (exact) mass is 269 g/mol.